The van der Waals surface area contributed by atoms with Gasteiger partial charge in [0.2, 0.25) is 5.95 Å². The monoisotopic (exact) mass is 447 g/mol. The van der Waals surface area contributed by atoms with Gasteiger partial charge in [0.05, 0.1) is 17.6 Å². The highest BCUT2D eigenvalue weighted by Gasteiger charge is 2.21. The highest BCUT2D eigenvalue weighted by molar-refractivity contribution is 7.92. The molecule has 4 rings (SSSR count). The molecule has 2 aromatic carbocycles. The molecule has 0 bridgehead atoms. The smallest absolute Gasteiger partial charge is 0.267 e. The van der Waals surface area contributed by atoms with E-state index in [9.17, 15) is 8.42 Å². The lowest BCUT2D eigenvalue weighted by atomic mass is 9.96. The van der Waals surface area contributed by atoms with Gasteiger partial charge in [0.15, 0.2) is 0 Å². The second-order valence-electron chi connectivity index (χ2n) is 7.61. The Labute approximate surface area is 188 Å². The topological polar surface area (TPSA) is 89.8 Å². The predicted octanol–water partition coefficient (Wildman–Crippen LogP) is 4.14. The minimum atomic E-state index is -3.87. The van der Waals surface area contributed by atoms with Crippen LogP contribution in [0.5, 0.6) is 0 Å². The van der Waals surface area contributed by atoms with Crippen LogP contribution in [0.4, 0.5) is 5.95 Å². The van der Waals surface area contributed by atoms with Crippen molar-refractivity contribution in [3.8, 4) is 11.3 Å². The molecule has 0 atom stereocenters. The maximum absolute atomic E-state index is 12.9. The summed E-state index contributed by atoms with van der Waals surface area (Å²) in [6.07, 6.45) is 4.04. The van der Waals surface area contributed by atoms with Crippen molar-refractivity contribution in [2.45, 2.75) is 31.6 Å². The van der Waals surface area contributed by atoms with Crippen LogP contribution in [-0.2, 0) is 29.9 Å². The fourth-order valence-electron chi connectivity index (χ4n) is 3.66. The van der Waals surface area contributed by atoms with Crippen LogP contribution in [0.3, 0.4) is 0 Å². The molecule has 0 fully saturated rings. The molecule has 1 N–H and O–H groups in total. The Morgan fingerprint density at radius 3 is 2.38 bits per heavy atom. The summed E-state index contributed by atoms with van der Waals surface area (Å²) in [5.41, 5.74) is 5.67. The Morgan fingerprint density at radius 2 is 1.72 bits per heavy atom. The number of hydrogen-bond donors (Lipinski definition) is 1. The summed E-state index contributed by atoms with van der Waals surface area (Å²) in [6, 6.07) is 18.0. The van der Waals surface area contributed by atoms with E-state index in [0.29, 0.717) is 6.42 Å². The van der Waals surface area contributed by atoms with Gasteiger partial charge in [-0.15, -0.1) is 0 Å². The fraction of sp³-hybridized carbons (Fsp3) is 0.208. The molecular weight excluding hydrogens is 422 g/mol. The zero-order chi connectivity index (χ0) is 22.7. The minimum Gasteiger partial charge on any atom is -0.274 e. The third-order valence-electron chi connectivity index (χ3n) is 5.28. The van der Waals surface area contributed by atoms with E-state index in [1.54, 1.807) is 7.05 Å². The van der Waals surface area contributed by atoms with E-state index in [4.69, 9.17) is 0 Å². The van der Waals surface area contributed by atoms with Crippen LogP contribution in [0.2, 0.25) is 0 Å². The van der Waals surface area contributed by atoms with Gasteiger partial charge in [-0.25, -0.2) is 23.1 Å². The average Bonchev–Trinajstić information content (AvgIpc) is 3.22. The van der Waals surface area contributed by atoms with Crippen molar-refractivity contribution in [3.63, 3.8) is 0 Å². The quantitative estimate of drug-likeness (QED) is 0.460. The van der Waals surface area contributed by atoms with E-state index < -0.39 is 10.0 Å². The molecule has 0 saturated heterocycles. The van der Waals surface area contributed by atoms with Gasteiger partial charge in [-0.05, 0) is 24.5 Å². The average molecular weight is 448 g/mol. The molecule has 8 heteroatoms. The highest BCUT2D eigenvalue weighted by Crippen LogP contribution is 2.30. The Hall–Kier alpha value is -3.52. The van der Waals surface area contributed by atoms with Crippen LogP contribution in [0.1, 0.15) is 29.3 Å². The number of aromatic nitrogens is 4. The first-order valence-electron chi connectivity index (χ1n) is 10.4. The molecule has 0 spiro atoms. The van der Waals surface area contributed by atoms with Crippen molar-refractivity contribution in [3.05, 3.63) is 89.4 Å². The van der Waals surface area contributed by atoms with Gasteiger partial charge in [-0.1, -0.05) is 61.5 Å². The summed E-state index contributed by atoms with van der Waals surface area (Å²) in [4.78, 5) is 9.37. The third kappa shape index (κ3) is 4.55. The highest BCUT2D eigenvalue weighted by atomic mass is 32.2. The summed E-state index contributed by atoms with van der Waals surface area (Å²) in [7, 11) is -2.20. The lowest BCUT2D eigenvalue weighted by Crippen LogP contribution is -2.17. The summed E-state index contributed by atoms with van der Waals surface area (Å²) in [5.74, 6) is 0.0511. The van der Waals surface area contributed by atoms with E-state index in [2.05, 4.69) is 26.7 Å². The van der Waals surface area contributed by atoms with Crippen LogP contribution in [-0.4, -0.2) is 28.2 Å². The maximum Gasteiger partial charge on any atom is 0.267 e. The summed E-state index contributed by atoms with van der Waals surface area (Å²) in [5, 5.41) is 3.96. The molecule has 0 aliphatic rings. The van der Waals surface area contributed by atoms with Crippen molar-refractivity contribution in [2.24, 2.45) is 7.05 Å². The van der Waals surface area contributed by atoms with E-state index in [0.717, 1.165) is 40.1 Å². The molecule has 0 saturated carbocycles. The van der Waals surface area contributed by atoms with Gasteiger partial charge >= 0.3 is 0 Å². The van der Waals surface area contributed by atoms with Crippen molar-refractivity contribution in [2.75, 3.05) is 4.72 Å². The summed E-state index contributed by atoms with van der Waals surface area (Å²) < 4.78 is 29.8. The normalized spacial score (nSPS) is 11.5. The number of rotatable bonds is 7. The second-order valence-corrected chi connectivity index (χ2v) is 9.29. The first kappa shape index (κ1) is 21.7. The number of hydrogen-bond acceptors (Lipinski definition) is 5. The zero-order valence-electron chi connectivity index (χ0n) is 18.3. The molecule has 0 amide bonds. The van der Waals surface area contributed by atoms with Crippen LogP contribution in [0, 0.1) is 6.92 Å². The van der Waals surface area contributed by atoms with Gasteiger partial charge in [0, 0.05) is 30.8 Å². The molecular formula is C24H25N5O2S. The molecule has 0 aliphatic carbocycles. The van der Waals surface area contributed by atoms with Crippen LogP contribution >= 0.6 is 0 Å². The Morgan fingerprint density at radius 1 is 1.00 bits per heavy atom. The fourth-order valence-corrected chi connectivity index (χ4v) is 4.59. The molecule has 4 aromatic rings. The Kier molecular flexibility index (Phi) is 6.05. The standard InChI is InChI=1S/C24H25N5O2S/c1-4-20-22(14-18-11-6-5-7-12-18)26-24(27-23(20)21-13-9-8-10-17(21)2)28-32(30,31)19-15-25-29(3)16-19/h5-13,15-16H,4,14H2,1-3H3,(H,26,27,28). The van der Waals surface area contributed by atoms with Crippen LogP contribution in [0.15, 0.2) is 71.9 Å². The lowest BCUT2D eigenvalue weighted by Gasteiger charge is -2.16. The lowest BCUT2D eigenvalue weighted by molar-refractivity contribution is 0.600. The largest absolute Gasteiger partial charge is 0.274 e. The molecule has 2 heterocycles. The molecule has 164 valence electrons. The van der Waals surface area contributed by atoms with Crippen LogP contribution in [0.25, 0.3) is 11.3 Å². The van der Waals surface area contributed by atoms with Gasteiger partial charge in [-0.3, -0.25) is 4.68 Å². The molecule has 7 nitrogen and oxygen atoms in total. The van der Waals surface area contributed by atoms with E-state index in [1.807, 2.05) is 61.5 Å². The van der Waals surface area contributed by atoms with Crippen LogP contribution < -0.4 is 4.72 Å². The predicted molar refractivity (Wildman–Crippen MR) is 125 cm³/mol. The number of aryl methyl sites for hydroxylation is 2. The van der Waals surface area contributed by atoms with Crippen molar-refractivity contribution >= 4 is 16.0 Å². The first-order valence-corrected chi connectivity index (χ1v) is 11.9. The van der Waals surface area contributed by atoms with Crippen molar-refractivity contribution < 1.29 is 8.42 Å². The van der Waals surface area contributed by atoms with Gasteiger partial charge in [0.25, 0.3) is 10.0 Å². The second kappa shape index (κ2) is 8.92. The van der Waals surface area contributed by atoms with E-state index in [1.165, 1.54) is 17.1 Å². The van der Waals surface area contributed by atoms with E-state index >= 15 is 0 Å². The van der Waals surface area contributed by atoms with Crippen molar-refractivity contribution in [1.82, 2.24) is 19.7 Å². The zero-order valence-corrected chi connectivity index (χ0v) is 19.1. The number of anilines is 1. The molecule has 0 radical (unpaired) electrons. The Bertz CT molecular complexity index is 1350. The summed E-state index contributed by atoms with van der Waals surface area (Å²) >= 11 is 0. The molecule has 32 heavy (non-hydrogen) atoms. The molecule has 0 unspecified atom stereocenters. The Balaban J connectivity index is 1.85. The first-order chi connectivity index (χ1) is 15.4. The summed E-state index contributed by atoms with van der Waals surface area (Å²) in [6.45, 7) is 4.08. The SMILES string of the molecule is CCc1c(Cc2ccccc2)nc(NS(=O)(=O)c2cnn(C)c2)nc1-c1ccccc1C. The molecule has 0 aliphatic heterocycles. The third-order valence-corrected chi connectivity index (χ3v) is 6.56. The van der Waals surface area contributed by atoms with Gasteiger partial charge in [-0.2, -0.15) is 5.10 Å². The molecule has 2 aromatic heterocycles. The van der Waals surface area contributed by atoms with E-state index in [-0.39, 0.29) is 10.8 Å². The minimum absolute atomic E-state index is 0.0511. The maximum atomic E-state index is 12.9. The number of nitrogens with zero attached hydrogens (tertiary/aromatic N) is 4. The number of benzene rings is 2. The van der Waals surface area contributed by atoms with Gasteiger partial charge in [0.1, 0.15) is 4.90 Å². The number of sulfonamides is 1. The number of nitrogens with one attached hydrogen (secondary N) is 1. The van der Waals surface area contributed by atoms with Crippen molar-refractivity contribution in [1.29, 1.82) is 0 Å². The van der Waals surface area contributed by atoms with Gasteiger partial charge < -0.3 is 0 Å².